The van der Waals surface area contributed by atoms with Crippen LogP contribution in [0, 0.1) is 18.3 Å². The van der Waals surface area contributed by atoms with Crippen LogP contribution < -0.4 is 0 Å². The third kappa shape index (κ3) is 2.74. The number of unbranched alkanes of at least 4 members (excludes halogenated alkanes) is 1. The van der Waals surface area contributed by atoms with Crippen LogP contribution in [0.4, 0.5) is 0 Å². The number of likely N-dealkylation sites (tertiary alicyclic amines) is 1. The van der Waals surface area contributed by atoms with E-state index in [2.05, 4.69) is 39.3 Å². The Labute approximate surface area is 142 Å². The van der Waals surface area contributed by atoms with Gasteiger partial charge < -0.3 is 13.9 Å². The van der Waals surface area contributed by atoms with Crippen molar-refractivity contribution in [3.05, 3.63) is 30.2 Å². The summed E-state index contributed by atoms with van der Waals surface area (Å²) in [5, 5.41) is 8.56. The van der Waals surface area contributed by atoms with Crippen molar-refractivity contribution in [1.82, 2.24) is 24.6 Å². The second-order valence-electron chi connectivity index (χ2n) is 7.53. The summed E-state index contributed by atoms with van der Waals surface area (Å²) in [6.07, 6.45) is 10.5. The van der Waals surface area contributed by atoms with E-state index in [0.29, 0.717) is 11.2 Å². The molecule has 0 N–H and O–H groups in total. The van der Waals surface area contributed by atoms with Crippen LogP contribution in [0.5, 0.6) is 0 Å². The summed E-state index contributed by atoms with van der Waals surface area (Å²) in [6.45, 7) is 6.81. The van der Waals surface area contributed by atoms with Crippen LogP contribution in [0.1, 0.15) is 37.7 Å². The normalized spacial score (nSPS) is 25.6. The first-order valence-electron chi connectivity index (χ1n) is 8.76. The molecular weight excluding hydrogens is 302 g/mol. The monoisotopic (exact) mass is 327 g/mol. The largest absolute Gasteiger partial charge is 0.440 e. The summed E-state index contributed by atoms with van der Waals surface area (Å²) < 4.78 is 7.42. The third-order valence-electron chi connectivity index (χ3n) is 5.56. The predicted molar refractivity (Wildman–Crippen MR) is 91.1 cm³/mol. The zero-order chi connectivity index (χ0) is 16.7. The number of fused-ring (bicyclic) bond motifs is 1. The molecule has 2 aromatic rings. The Bertz CT molecular complexity index is 761. The summed E-state index contributed by atoms with van der Waals surface area (Å²) in [6, 6.07) is 0. The van der Waals surface area contributed by atoms with Crippen LogP contribution in [0.15, 0.2) is 23.1 Å². The zero-order valence-corrected chi connectivity index (χ0v) is 14.7. The minimum atomic E-state index is 0.623. The fourth-order valence-electron chi connectivity index (χ4n) is 3.80. The van der Waals surface area contributed by atoms with Gasteiger partial charge in [0, 0.05) is 26.6 Å². The zero-order valence-electron chi connectivity index (χ0n) is 14.7. The Balaban J connectivity index is 1.28. The van der Waals surface area contributed by atoms with E-state index in [4.69, 9.17) is 4.42 Å². The highest BCUT2D eigenvalue weighted by Crippen LogP contribution is 2.57. The fourth-order valence-corrected chi connectivity index (χ4v) is 3.80. The smallest absolute Gasteiger partial charge is 0.201 e. The molecule has 1 aliphatic heterocycles. The van der Waals surface area contributed by atoms with Gasteiger partial charge in [-0.25, -0.2) is 4.98 Å². The number of hydrogen-bond donors (Lipinski definition) is 0. The fraction of sp³-hybridized carbons (Fsp3) is 0.611. The first-order valence-corrected chi connectivity index (χ1v) is 8.76. The Morgan fingerprint density at radius 3 is 3.00 bits per heavy atom. The lowest BCUT2D eigenvalue weighted by Gasteiger charge is -2.16. The van der Waals surface area contributed by atoms with Gasteiger partial charge in [-0.1, -0.05) is 13.0 Å². The number of piperidine rings is 1. The van der Waals surface area contributed by atoms with Gasteiger partial charge in [0.05, 0.1) is 5.69 Å². The number of hydrogen-bond acceptors (Lipinski definition) is 5. The van der Waals surface area contributed by atoms with Crippen LogP contribution in [0.25, 0.3) is 11.6 Å². The molecule has 0 spiro atoms. The van der Waals surface area contributed by atoms with E-state index in [1.165, 1.54) is 25.9 Å². The molecule has 128 valence electrons. The van der Waals surface area contributed by atoms with Gasteiger partial charge in [0.2, 0.25) is 5.82 Å². The van der Waals surface area contributed by atoms with Crippen LogP contribution in [-0.4, -0.2) is 37.7 Å². The molecule has 1 saturated heterocycles. The molecule has 0 bridgehead atoms. The van der Waals surface area contributed by atoms with Gasteiger partial charge in [0.15, 0.2) is 12.2 Å². The molecule has 3 heterocycles. The van der Waals surface area contributed by atoms with Gasteiger partial charge in [-0.05, 0) is 43.7 Å². The van der Waals surface area contributed by atoms with E-state index in [0.717, 1.165) is 42.5 Å². The van der Waals surface area contributed by atoms with Crippen molar-refractivity contribution >= 4 is 0 Å². The SMILES string of the molecule is Cc1ncoc1-c1nnc(CCC/C=C/N2C[C@@H]3C[C@]3(C)C2)n1C. The minimum Gasteiger partial charge on any atom is -0.440 e. The highest BCUT2D eigenvalue weighted by atomic mass is 16.3. The Morgan fingerprint density at radius 1 is 1.42 bits per heavy atom. The van der Waals surface area contributed by atoms with Gasteiger partial charge in [-0.15, -0.1) is 10.2 Å². The van der Waals surface area contributed by atoms with Crippen molar-refractivity contribution in [3.63, 3.8) is 0 Å². The summed E-state index contributed by atoms with van der Waals surface area (Å²) in [4.78, 5) is 6.59. The van der Waals surface area contributed by atoms with E-state index in [9.17, 15) is 0 Å². The van der Waals surface area contributed by atoms with Gasteiger partial charge >= 0.3 is 0 Å². The van der Waals surface area contributed by atoms with Gasteiger partial charge in [-0.3, -0.25) is 0 Å². The van der Waals surface area contributed by atoms with Crippen LogP contribution in [-0.2, 0) is 13.5 Å². The molecule has 2 aliphatic rings. The number of nitrogens with zero attached hydrogens (tertiary/aromatic N) is 5. The van der Waals surface area contributed by atoms with Crippen molar-refractivity contribution in [1.29, 1.82) is 0 Å². The maximum absolute atomic E-state index is 5.41. The number of oxazole rings is 1. The summed E-state index contributed by atoms with van der Waals surface area (Å²) in [5.74, 6) is 3.39. The van der Waals surface area contributed by atoms with Crippen LogP contribution in [0.3, 0.4) is 0 Å². The molecule has 0 unspecified atom stereocenters. The molecule has 0 amide bonds. The van der Waals surface area contributed by atoms with Crippen molar-refractivity contribution < 1.29 is 4.42 Å². The molecule has 2 aromatic heterocycles. The molecule has 24 heavy (non-hydrogen) atoms. The van der Waals surface area contributed by atoms with Gasteiger partial charge in [-0.2, -0.15) is 0 Å². The van der Waals surface area contributed by atoms with Crippen LogP contribution in [0.2, 0.25) is 0 Å². The average Bonchev–Trinajstić information content (AvgIpc) is 2.90. The van der Waals surface area contributed by atoms with Crippen molar-refractivity contribution in [2.45, 2.75) is 39.5 Å². The lowest BCUT2D eigenvalue weighted by atomic mass is 10.1. The van der Waals surface area contributed by atoms with E-state index < -0.39 is 0 Å². The van der Waals surface area contributed by atoms with Crippen LogP contribution >= 0.6 is 0 Å². The molecule has 4 rings (SSSR count). The van der Waals surface area contributed by atoms with E-state index in [1.54, 1.807) is 0 Å². The molecule has 2 atom stereocenters. The molecule has 0 aromatic carbocycles. The topological polar surface area (TPSA) is 60.0 Å². The number of aryl methyl sites for hydroxylation is 2. The Kier molecular flexibility index (Phi) is 3.70. The molecule has 0 radical (unpaired) electrons. The Hall–Kier alpha value is -2.11. The van der Waals surface area contributed by atoms with Gasteiger partial charge in [0.25, 0.3) is 0 Å². The standard InChI is InChI=1S/C18H25N5O/c1-13-16(24-12-19-13)17-21-20-15(22(17)3)7-5-4-6-8-23-10-14-9-18(14,2)11-23/h6,8,12,14H,4-5,7,9-11H2,1-3H3/b8-6+/t14-,18+/m0/s1. The first-order chi connectivity index (χ1) is 11.6. The predicted octanol–water partition coefficient (Wildman–Crippen LogP) is 2.96. The molecular formula is C18H25N5O. The second-order valence-corrected chi connectivity index (χ2v) is 7.53. The highest BCUT2D eigenvalue weighted by molar-refractivity contribution is 5.49. The second kappa shape index (κ2) is 5.76. The summed E-state index contributed by atoms with van der Waals surface area (Å²) >= 11 is 0. The average molecular weight is 327 g/mol. The number of rotatable bonds is 6. The van der Waals surface area contributed by atoms with E-state index >= 15 is 0 Å². The summed E-state index contributed by atoms with van der Waals surface area (Å²) in [5.41, 5.74) is 1.47. The number of allylic oxidation sites excluding steroid dienone is 1. The maximum atomic E-state index is 5.41. The molecule has 6 heteroatoms. The highest BCUT2D eigenvalue weighted by Gasteiger charge is 2.55. The third-order valence-corrected chi connectivity index (χ3v) is 5.56. The molecule has 1 aliphatic carbocycles. The van der Waals surface area contributed by atoms with E-state index in [-0.39, 0.29) is 0 Å². The molecule has 6 nitrogen and oxygen atoms in total. The first kappa shape index (κ1) is 15.4. The van der Waals surface area contributed by atoms with Crippen molar-refractivity contribution in [2.24, 2.45) is 18.4 Å². The lowest BCUT2D eigenvalue weighted by molar-refractivity contribution is 0.383. The van der Waals surface area contributed by atoms with Gasteiger partial charge in [0.1, 0.15) is 5.82 Å². The minimum absolute atomic E-state index is 0.623. The molecule has 2 fully saturated rings. The van der Waals surface area contributed by atoms with Crippen molar-refractivity contribution in [3.8, 4) is 11.6 Å². The summed E-state index contributed by atoms with van der Waals surface area (Å²) in [7, 11) is 1.99. The number of aromatic nitrogens is 4. The lowest BCUT2D eigenvalue weighted by Crippen LogP contribution is -2.17. The maximum Gasteiger partial charge on any atom is 0.201 e. The van der Waals surface area contributed by atoms with E-state index in [1.807, 2.05) is 18.5 Å². The quantitative estimate of drug-likeness (QED) is 0.763. The Morgan fingerprint density at radius 2 is 2.29 bits per heavy atom. The molecule has 1 saturated carbocycles. The van der Waals surface area contributed by atoms with Crippen molar-refractivity contribution in [2.75, 3.05) is 13.1 Å².